The summed E-state index contributed by atoms with van der Waals surface area (Å²) in [4.78, 5) is 40.3. The third-order valence-electron chi connectivity index (χ3n) is 4.10. The molecule has 5 N–H and O–H groups in total. The van der Waals surface area contributed by atoms with Crippen LogP contribution >= 0.6 is 15.6 Å². The van der Waals surface area contributed by atoms with Gasteiger partial charge in [-0.3, -0.25) is 9.52 Å². The van der Waals surface area contributed by atoms with E-state index in [4.69, 9.17) is 14.5 Å². The highest BCUT2D eigenvalue weighted by molar-refractivity contribution is 7.60. The summed E-state index contributed by atoms with van der Waals surface area (Å²) in [5.74, 6) is 0. The zero-order valence-corrected chi connectivity index (χ0v) is 15.6. The van der Waals surface area contributed by atoms with E-state index < -0.39 is 53.0 Å². The topological polar surface area (TPSA) is 203 Å². The lowest BCUT2D eigenvalue weighted by molar-refractivity contribution is -0.0770. The molecule has 1 unspecified atom stereocenters. The molecule has 27 heavy (non-hydrogen) atoms. The van der Waals surface area contributed by atoms with Crippen molar-refractivity contribution in [1.82, 2.24) is 4.90 Å². The number of aliphatic hydroxyl groups is 2. The van der Waals surface area contributed by atoms with Gasteiger partial charge >= 0.3 is 15.6 Å². The third-order valence-corrected chi connectivity index (χ3v) is 6.25. The lowest BCUT2D eigenvalue weighted by Crippen LogP contribution is -2.50. The first-order valence-corrected chi connectivity index (χ1v) is 10.6. The second kappa shape index (κ2) is 7.41. The van der Waals surface area contributed by atoms with Gasteiger partial charge in [0.1, 0.15) is 30.7 Å². The molecule has 3 heterocycles. The van der Waals surface area contributed by atoms with E-state index in [0.717, 1.165) is 0 Å². The van der Waals surface area contributed by atoms with Gasteiger partial charge in [0.15, 0.2) is 12.4 Å². The van der Waals surface area contributed by atoms with Gasteiger partial charge in [-0.2, -0.15) is 4.31 Å². The number of nitrogens with zero attached hydrogens (tertiary/aromatic N) is 4. The van der Waals surface area contributed by atoms with Crippen LogP contribution < -0.4 is 0 Å². The minimum Gasteiger partial charge on any atom is -0.387 e. The van der Waals surface area contributed by atoms with Gasteiger partial charge in [-0.15, -0.1) is 0 Å². The summed E-state index contributed by atoms with van der Waals surface area (Å²) in [6.07, 6.45) is -3.10. The molecule has 1 fully saturated rings. The molecule has 0 aliphatic carbocycles. The molecule has 3 aliphatic rings. The molecular weight excluding hydrogens is 410 g/mol. The molecule has 0 aromatic rings. The molecule has 3 aliphatic heterocycles. The molecule has 0 aromatic heterocycles. The maximum absolute atomic E-state index is 11.5. The number of aliphatic imine (C=N–C) groups is 3. The molecular formula is C11H18N4O10P2. The van der Waals surface area contributed by atoms with Crippen molar-refractivity contribution < 1.29 is 47.6 Å². The van der Waals surface area contributed by atoms with Gasteiger partial charge < -0.3 is 34.5 Å². The fourth-order valence-electron chi connectivity index (χ4n) is 2.86. The fraction of sp³-hybridized carbons (Fsp3) is 0.727. The zero-order chi connectivity index (χ0) is 20.0. The van der Waals surface area contributed by atoms with Crippen LogP contribution in [-0.2, 0) is 22.7 Å². The van der Waals surface area contributed by atoms with Gasteiger partial charge in [0, 0.05) is 5.71 Å². The monoisotopic (exact) mass is 428 g/mol. The van der Waals surface area contributed by atoms with Gasteiger partial charge in [0.05, 0.1) is 12.9 Å². The summed E-state index contributed by atoms with van der Waals surface area (Å²) in [5.41, 5.74) is 0.706. The van der Waals surface area contributed by atoms with Crippen molar-refractivity contribution in [1.29, 1.82) is 0 Å². The summed E-state index contributed by atoms with van der Waals surface area (Å²) >= 11 is 0. The molecule has 7 atom stereocenters. The fourth-order valence-corrected chi connectivity index (χ4v) is 4.46. The Bertz CT molecular complexity index is 768. The standard InChI is InChI=1S/C11H18N4O10P2/c1-5-7-10(13-3-12-5)15(4-14-7)11-9(17)8(16)6(24-11)2-23-27(21,22)25-26(18,19)20/h3-4,6-11,16-17H,2H2,1H3,(H,21,22)(H2,18,19,20)/t6-,7+,8-,9-,10-,11-/m0/s1. The van der Waals surface area contributed by atoms with Crippen LogP contribution in [0, 0.1) is 0 Å². The van der Waals surface area contributed by atoms with E-state index in [9.17, 15) is 24.2 Å². The van der Waals surface area contributed by atoms with Crippen molar-refractivity contribution in [3.05, 3.63) is 0 Å². The predicted molar refractivity (Wildman–Crippen MR) is 89.1 cm³/mol. The number of fused-ring (bicyclic) bond motifs is 1. The Balaban J connectivity index is 1.64. The Morgan fingerprint density at radius 1 is 1.22 bits per heavy atom. The highest BCUT2D eigenvalue weighted by atomic mass is 31.3. The van der Waals surface area contributed by atoms with Crippen LogP contribution in [0.1, 0.15) is 6.92 Å². The summed E-state index contributed by atoms with van der Waals surface area (Å²) in [5, 5.41) is 20.4. The SMILES string of the molecule is CC1=NC=N[C@@H]2[C@@H]1N=CN2[C@H]1O[C@@H](COP(=O)(O)OP(=O)(O)O)[C@H](O)[C@@H]1O. The number of ether oxygens (including phenoxy) is 1. The third kappa shape index (κ3) is 4.51. The average molecular weight is 428 g/mol. The number of hydrogen-bond donors (Lipinski definition) is 5. The normalized spacial score (nSPS) is 38.0. The molecule has 16 heteroatoms. The molecule has 0 radical (unpaired) electrons. The molecule has 14 nitrogen and oxygen atoms in total. The molecule has 1 saturated heterocycles. The Morgan fingerprint density at radius 2 is 1.93 bits per heavy atom. The van der Waals surface area contributed by atoms with E-state index >= 15 is 0 Å². The van der Waals surface area contributed by atoms with E-state index in [-0.39, 0.29) is 6.04 Å². The Labute approximate surface area is 152 Å². The molecule has 0 bridgehead atoms. The second-order valence-electron chi connectivity index (χ2n) is 5.99. The molecule has 0 amide bonds. The van der Waals surface area contributed by atoms with Crippen LogP contribution in [0.25, 0.3) is 0 Å². The Morgan fingerprint density at radius 3 is 2.59 bits per heavy atom. The minimum atomic E-state index is -5.27. The number of phosphoric acid groups is 2. The minimum absolute atomic E-state index is 0.368. The lowest BCUT2D eigenvalue weighted by atomic mass is 10.1. The van der Waals surface area contributed by atoms with E-state index in [1.807, 2.05) is 0 Å². The quantitative estimate of drug-likeness (QED) is 0.299. The summed E-state index contributed by atoms with van der Waals surface area (Å²) in [6, 6.07) is -0.368. The predicted octanol–water partition coefficient (Wildman–Crippen LogP) is -1.80. The number of aliphatic hydroxyl groups excluding tert-OH is 2. The first kappa shape index (κ1) is 20.7. The van der Waals surface area contributed by atoms with Crippen LogP contribution in [0.3, 0.4) is 0 Å². The van der Waals surface area contributed by atoms with Gasteiger partial charge in [-0.25, -0.2) is 19.1 Å². The number of phosphoric ester groups is 1. The van der Waals surface area contributed by atoms with Crippen LogP contribution in [0.15, 0.2) is 15.0 Å². The van der Waals surface area contributed by atoms with Crippen LogP contribution in [-0.4, -0.2) is 91.5 Å². The Hall–Kier alpha value is -1.05. The maximum Gasteiger partial charge on any atom is 0.481 e. The van der Waals surface area contributed by atoms with Crippen molar-refractivity contribution in [2.75, 3.05) is 6.61 Å². The average Bonchev–Trinajstić information content (AvgIpc) is 3.07. The van der Waals surface area contributed by atoms with E-state index in [1.165, 1.54) is 17.6 Å². The summed E-state index contributed by atoms with van der Waals surface area (Å²) < 4.78 is 35.7. The van der Waals surface area contributed by atoms with Gasteiger partial charge in [-0.05, 0) is 6.92 Å². The van der Waals surface area contributed by atoms with Gasteiger partial charge in [-0.1, -0.05) is 0 Å². The van der Waals surface area contributed by atoms with Crippen molar-refractivity contribution in [2.24, 2.45) is 15.0 Å². The van der Waals surface area contributed by atoms with Gasteiger partial charge in [0.2, 0.25) is 0 Å². The molecule has 0 aromatic carbocycles. The first-order valence-electron chi connectivity index (χ1n) is 7.61. The van der Waals surface area contributed by atoms with E-state index in [1.54, 1.807) is 6.92 Å². The zero-order valence-electron chi connectivity index (χ0n) is 13.8. The number of hydrogen-bond acceptors (Lipinski definition) is 11. The molecule has 0 spiro atoms. The molecule has 0 saturated carbocycles. The summed E-state index contributed by atoms with van der Waals surface area (Å²) in [6.45, 7) is 0.992. The smallest absolute Gasteiger partial charge is 0.387 e. The van der Waals surface area contributed by atoms with Crippen LogP contribution in [0.4, 0.5) is 0 Å². The Kier molecular flexibility index (Phi) is 5.67. The molecule has 3 rings (SSSR count). The van der Waals surface area contributed by atoms with E-state index in [2.05, 4.69) is 23.8 Å². The highest BCUT2D eigenvalue weighted by Crippen LogP contribution is 2.57. The highest BCUT2D eigenvalue weighted by Gasteiger charge is 2.50. The van der Waals surface area contributed by atoms with E-state index in [0.29, 0.717) is 5.71 Å². The van der Waals surface area contributed by atoms with Crippen molar-refractivity contribution in [3.8, 4) is 0 Å². The lowest BCUT2D eigenvalue weighted by Gasteiger charge is -2.31. The van der Waals surface area contributed by atoms with Crippen molar-refractivity contribution in [3.63, 3.8) is 0 Å². The second-order valence-corrected chi connectivity index (χ2v) is 8.82. The van der Waals surface area contributed by atoms with Crippen molar-refractivity contribution in [2.45, 2.75) is 43.7 Å². The van der Waals surface area contributed by atoms with Crippen molar-refractivity contribution >= 4 is 34.0 Å². The van der Waals surface area contributed by atoms with Crippen LogP contribution in [0.2, 0.25) is 0 Å². The van der Waals surface area contributed by atoms with Gasteiger partial charge in [0.25, 0.3) is 0 Å². The first-order chi connectivity index (χ1) is 12.5. The largest absolute Gasteiger partial charge is 0.481 e. The molecule has 152 valence electrons. The van der Waals surface area contributed by atoms with Crippen LogP contribution in [0.5, 0.6) is 0 Å². The summed E-state index contributed by atoms with van der Waals surface area (Å²) in [7, 11) is -10.4. The number of rotatable bonds is 6. The maximum atomic E-state index is 11.5.